The molecule has 1 saturated heterocycles. The fourth-order valence-electron chi connectivity index (χ4n) is 2.08. The fourth-order valence-corrected chi connectivity index (χ4v) is 3.25. The minimum atomic E-state index is -1.09. The summed E-state index contributed by atoms with van der Waals surface area (Å²) in [6.07, 6.45) is 0. The number of amides is 2. The molecule has 2 amide bonds. The van der Waals surface area contributed by atoms with Crippen LogP contribution in [0.3, 0.4) is 0 Å². The van der Waals surface area contributed by atoms with Crippen LogP contribution in [-0.4, -0.2) is 45.0 Å². The molecule has 7 heteroatoms. The van der Waals surface area contributed by atoms with Crippen LogP contribution in [0.2, 0.25) is 0 Å². The second-order valence-corrected chi connectivity index (χ2v) is 6.17. The van der Waals surface area contributed by atoms with Crippen molar-refractivity contribution in [3.05, 3.63) is 29.8 Å². The Hall–Kier alpha value is -2.02. The van der Waals surface area contributed by atoms with Crippen molar-refractivity contribution in [3.63, 3.8) is 0 Å². The zero-order valence-electron chi connectivity index (χ0n) is 11.7. The molecule has 0 spiro atoms. The number of benzene rings is 1. The number of hydrogen-bond donors (Lipinski definition) is 2. The van der Waals surface area contributed by atoms with Gasteiger partial charge in [0, 0.05) is 11.4 Å². The highest BCUT2D eigenvalue weighted by atomic mass is 32.2. The maximum Gasteiger partial charge on any atom is 0.327 e. The average Bonchev–Trinajstić information content (AvgIpc) is 2.82. The fraction of sp³-hybridized carbons (Fsp3) is 0.357. The molecule has 112 valence electrons. The van der Waals surface area contributed by atoms with Crippen molar-refractivity contribution in [2.75, 3.05) is 11.1 Å². The molecular formula is C14H16N2O4S. The predicted molar refractivity (Wildman–Crippen MR) is 80.0 cm³/mol. The van der Waals surface area contributed by atoms with Gasteiger partial charge in [-0.25, -0.2) is 4.79 Å². The SMILES string of the molecule is Cc1ccc(NC(=O)C(=O)N2C(C)SCC2C(=O)O)cc1. The molecule has 0 saturated carbocycles. The number of aliphatic carboxylic acids is 1. The van der Waals surface area contributed by atoms with Crippen molar-refractivity contribution in [2.45, 2.75) is 25.3 Å². The molecule has 2 rings (SSSR count). The molecule has 1 aliphatic rings. The van der Waals surface area contributed by atoms with Gasteiger partial charge in [0.25, 0.3) is 0 Å². The number of carboxylic acid groups (broad SMARTS) is 1. The van der Waals surface area contributed by atoms with Crippen molar-refractivity contribution in [1.82, 2.24) is 4.90 Å². The van der Waals surface area contributed by atoms with Gasteiger partial charge < -0.3 is 15.3 Å². The molecule has 1 aromatic carbocycles. The average molecular weight is 308 g/mol. The first kappa shape index (κ1) is 15.4. The number of thioether (sulfide) groups is 1. The van der Waals surface area contributed by atoms with E-state index in [1.165, 1.54) is 11.8 Å². The first-order valence-corrected chi connectivity index (χ1v) is 7.49. The summed E-state index contributed by atoms with van der Waals surface area (Å²) in [4.78, 5) is 36.4. The predicted octanol–water partition coefficient (Wildman–Crippen LogP) is 1.31. The summed E-state index contributed by atoms with van der Waals surface area (Å²) >= 11 is 1.34. The highest BCUT2D eigenvalue weighted by Crippen LogP contribution is 2.29. The first-order valence-electron chi connectivity index (χ1n) is 6.45. The van der Waals surface area contributed by atoms with Crippen molar-refractivity contribution in [1.29, 1.82) is 0 Å². The number of anilines is 1. The Morgan fingerprint density at radius 1 is 1.29 bits per heavy atom. The molecule has 1 aliphatic heterocycles. The van der Waals surface area contributed by atoms with Gasteiger partial charge in [-0.05, 0) is 26.0 Å². The zero-order chi connectivity index (χ0) is 15.6. The smallest absolute Gasteiger partial charge is 0.327 e. The van der Waals surface area contributed by atoms with Gasteiger partial charge in [0.15, 0.2) is 0 Å². The molecule has 2 atom stereocenters. The molecule has 0 aromatic heterocycles. The van der Waals surface area contributed by atoms with Gasteiger partial charge in [0.05, 0.1) is 5.37 Å². The van der Waals surface area contributed by atoms with Gasteiger partial charge in [-0.15, -0.1) is 11.8 Å². The number of aryl methyl sites for hydroxylation is 1. The summed E-state index contributed by atoms with van der Waals surface area (Å²) in [5, 5.41) is 11.3. The molecule has 2 unspecified atom stereocenters. The molecule has 1 aromatic rings. The van der Waals surface area contributed by atoms with E-state index in [2.05, 4.69) is 5.32 Å². The summed E-state index contributed by atoms with van der Waals surface area (Å²) in [5.74, 6) is -2.44. The lowest BCUT2D eigenvalue weighted by molar-refractivity contribution is -0.152. The number of nitrogens with one attached hydrogen (secondary N) is 1. The molecule has 0 bridgehead atoms. The van der Waals surface area contributed by atoms with Crippen molar-refractivity contribution >= 4 is 35.2 Å². The Bertz CT molecular complexity index is 573. The van der Waals surface area contributed by atoms with Gasteiger partial charge >= 0.3 is 17.8 Å². The summed E-state index contributed by atoms with van der Waals surface area (Å²) in [7, 11) is 0. The quantitative estimate of drug-likeness (QED) is 0.804. The van der Waals surface area contributed by atoms with Crippen LogP contribution in [-0.2, 0) is 14.4 Å². The van der Waals surface area contributed by atoms with Gasteiger partial charge in [0.1, 0.15) is 6.04 Å². The lowest BCUT2D eigenvalue weighted by Gasteiger charge is -2.24. The summed E-state index contributed by atoms with van der Waals surface area (Å²) in [6.45, 7) is 3.63. The van der Waals surface area contributed by atoms with E-state index in [4.69, 9.17) is 5.11 Å². The van der Waals surface area contributed by atoms with Crippen molar-refractivity contribution < 1.29 is 19.5 Å². The summed E-state index contributed by atoms with van der Waals surface area (Å²) < 4.78 is 0. The number of nitrogens with zero attached hydrogens (tertiary/aromatic N) is 1. The van der Waals surface area contributed by atoms with E-state index in [1.807, 2.05) is 19.1 Å². The molecule has 1 heterocycles. The monoisotopic (exact) mass is 308 g/mol. The van der Waals surface area contributed by atoms with E-state index in [1.54, 1.807) is 19.1 Å². The Labute approximate surface area is 126 Å². The number of hydrogen-bond acceptors (Lipinski definition) is 4. The highest BCUT2D eigenvalue weighted by molar-refractivity contribution is 8.00. The molecule has 2 N–H and O–H groups in total. The van der Waals surface area contributed by atoms with Crippen LogP contribution in [0.4, 0.5) is 5.69 Å². The molecule has 21 heavy (non-hydrogen) atoms. The Morgan fingerprint density at radius 2 is 1.90 bits per heavy atom. The van der Waals surface area contributed by atoms with Gasteiger partial charge in [-0.2, -0.15) is 0 Å². The lowest BCUT2D eigenvalue weighted by atomic mass is 10.2. The largest absolute Gasteiger partial charge is 0.480 e. The normalized spacial score (nSPS) is 21.1. The van der Waals surface area contributed by atoms with Gasteiger partial charge in [-0.3, -0.25) is 9.59 Å². The number of rotatable bonds is 2. The minimum absolute atomic E-state index is 0.292. The molecule has 0 aliphatic carbocycles. The van der Waals surface area contributed by atoms with E-state index >= 15 is 0 Å². The highest BCUT2D eigenvalue weighted by Gasteiger charge is 2.41. The van der Waals surface area contributed by atoms with Crippen LogP contribution in [0.25, 0.3) is 0 Å². The van der Waals surface area contributed by atoms with E-state index in [0.717, 1.165) is 10.5 Å². The van der Waals surface area contributed by atoms with Crippen molar-refractivity contribution in [2.24, 2.45) is 0 Å². The van der Waals surface area contributed by atoms with Crippen LogP contribution in [0.15, 0.2) is 24.3 Å². The summed E-state index contributed by atoms with van der Waals surface area (Å²) in [5.41, 5.74) is 1.54. The molecule has 1 fully saturated rings. The zero-order valence-corrected chi connectivity index (χ0v) is 12.5. The van der Waals surface area contributed by atoms with Crippen LogP contribution >= 0.6 is 11.8 Å². The second kappa shape index (κ2) is 6.17. The summed E-state index contributed by atoms with van der Waals surface area (Å²) in [6, 6.07) is 6.05. The van der Waals surface area contributed by atoms with E-state index < -0.39 is 23.8 Å². The molecular weight excluding hydrogens is 292 g/mol. The minimum Gasteiger partial charge on any atom is -0.480 e. The van der Waals surface area contributed by atoms with Crippen LogP contribution < -0.4 is 5.32 Å². The van der Waals surface area contributed by atoms with E-state index in [-0.39, 0.29) is 5.37 Å². The third-order valence-electron chi connectivity index (χ3n) is 3.25. The lowest BCUT2D eigenvalue weighted by Crippen LogP contribution is -2.49. The van der Waals surface area contributed by atoms with Crippen molar-refractivity contribution in [3.8, 4) is 0 Å². The van der Waals surface area contributed by atoms with Crippen LogP contribution in [0, 0.1) is 6.92 Å². The first-order chi connectivity index (χ1) is 9.90. The standard InChI is InChI=1S/C14H16N2O4S/c1-8-3-5-10(6-4-8)15-12(17)13(18)16-9(2)21-7-11(16)14(19)20/h3-6,9,11H,7H2,1-2H3,(H,15,17)(H,19,20). The maximum atomic E-state index is 12.2. The van der Waals surface area contributed by atoms with Crippen LogP contribution in [0.5, 0.6) is 0 Å². The third kappa shape index (κ3) is 3.36. The molecule has 6 nitrogen and oxygen atoms in total. The number of carbonyl (C=O) groups excluding carboxylic acids is 2. The van der Waals surface area contributed by atoms with Gasteiger partial charge in [0.2, 0.25) is 0 Å². The van der Waals surface area contributed by atoms with E-state index in [9.17, 15) is 14.4 Å². The second-order valence-electron chi connectivity index (χ2n) is 4.82. The number of carbonyl (C=O) groups is 3. The Kier molecular flexibility index (Phi) is 4.52. The van der Waals surface area contributed by atoms with Crippen LogP contribution in [0.1, 0.15) is 12.5 Å². The third-order valence-corrected chi connectivity index (χ3v) is 4.46. The van der Waals surface area contributed by atoms with Gasteiger partial charge in [-0.1, -0.05) is 17.7 Å². The number of carboxylic acids is 1. The van der Waals surface area contributed by atoms with E-state index in [0.29, 0.717) is 11.4 Å². The topological polar surface area (TPSA) is 86.7 Å². The maximum absolute atomic E-state index is 12.2. The Balaban J connectivity index is 2.09. The Morgan fingerprint density at radius 3 is 2.48 bits per heavy atom. The molecule has 0 radical (unpaired) electrons.